The van der Waals surface area contributed by atoms with Crippen molar-refractivity contribution in [1.82, 2.24) is 4.90 Å². The van der Waals surface area contributed by atoms with Gasteiger partial charge in [-0.05, 0) is 52.1 Å². The number of hydrogen-bond donors (Lipinski definition) is 1. The number of methoxy groups -OCH3 is 1. The number of nitrogens with zero attached hydrogens (tertiary/aromatic N) is 1. The molecule has 1 unspecified atom stereocenters. The smallest absolute Gasteiger partial charge is 0.0589 e. The van der Waals surface area contributed by atoms with Gasteiger partial charge in [0.1, 0.15) is 0 Å². The highest BCUT2D eigenvalue weighted by Crippen LogP contribution is 2.17. The lowest BCUT2D eigenvalue weighted by Crippen LogP contribution is -2.34. The molecule has 0 radical (unpaired) electrons. The molecule has 0 saturated heterocycles. The highest BCUT2D eigenvalue weighted by molar-refractivity contribution is 4.66. The zero-order valence-corrected chi connectivity index (χ0v) is 13.0. The molecule has 18 heavy (non-hydrogen) atoms. The van der Waals surface area contributed by atoms with Crippen molar-refractivity contribution >= 4 is 0 Å². The van der Waals surface area contributed by atoms with Gasteiger partial charge >= 0.3 is 0 Å². The summed E-state index contributed by atoms with van der Waals surface area (Å²) in [6.45, 7) is 10.7. The molecule has 0 heterocycles. The molecule has 0 amide bonds. The van der Waals surface area contributed by atoms with E-state index in [2.05, 4.69) is 25.7 Å². The van der Waals surface area contributed by atoms with Crippen LogP contribution >= 0.6 is 0 Å². The van der Waals surface area contributed by atoms with Crippen molar-refractivity contribution in [1.29, 1.82) is 0 Å². The Morgan fingerprint density at radius 2 is 1.83 bits per heavy atom. The Morgan fingerprint density at radius 3 is 2.33 bits per heavy atom. The third kappa shape index (κ3) is 8.90. The first-order valence-electron chi connectivity index (χ1n) is 7.58. The van der Waals surface area contributed by atoms with E-state index in [1.807, 2.05) is 0 Å². The van der Waals surface area contributed by atoms with Gasteiger partial charge in [0, 0.05) is 19.7 Å². The van der Waals surface area contributed by atoms with E-state index in [1.54, 1.807) is 7.11 Å². The normalized spacial score (nSPS) is 13.5. The van der Waals surface area contributed by atoms with E-state index in [4.69, 9.17) is 10.5 Å². The van der Waals surface area contributed by atoms with Crippen molar-refractivity contribution < 1.29 is 4.74 Å². The van der Waals surface area contributed by atoms with Crippen molar-refractivity contribution in [3.05, 3.63) is 0 Å². The Morgan fingerprint density at radius 1 is 1.11 bits per heavy atom. The molecular weight excluding hydrogens is 224 g/mol. The maximum Gasteiger partial charge on any atom is 0.0589 e. The Kier molecular flexibility index (Phi) is 11.9. The minimum Gasteiger partial charge on any atom is -0.383 e. The van der Waals surface area contributed by atoms with Gasteiger partial charge in [0.25, 0.3) is 0 Å². The predicted molar refractivity (Wildman–Crippen MR) is 79.9 cm³/mol. The molecule has 0 aromatic heterocycles. The molecule has 0 fully saturated rings. The molecule has 3 heteroatoms. The zero-order chi connectivity index (χ0) is 13.8. The van der Waals surface area contributed by atoms with Crippen molar-refractivity contribution in [2.75, 3.05) is 33.4 Å². The minimum absolute atomic E-state index is 0.610. The second-order valence-corrected chi connectivity index (χ2v) is 5.50. The summed E-state index contributed by atoms with van der Waals surface area (Å²) in [5, 5.41) is 0. The molecule has 110 valence electrons. The molecule has 0 aliphatic carbocycles. The van der Waals surface area contributed by atoms with Gasteiger partial charge in [-0.15, -0.1) is 0 Å². The number of hydrogen-bond acceptors (Lipinski definition) is 3. The van der Waals surface area contributed by atoms with Crippen molar-refractivity contribution in [3.63, 3.8) is 0 Å². The lowest BCUT2D eigenvalue weighted by atomic mass is 9.94. The van der Waals surface area contributed by atoms with Crippen LogP contribution in [0.3, 0.4) is 0 Å². The number of rotatable bonds is 12. The first-order valence-corrected chi connectivity index (χ1v) is 7.58. The van der Waals surface area contributed by atoms with Gasteiger partial charge in [0.05, 0.1) is 6.61 Å². The molecule has 1 atom stereocenters. The molecule has 2 N–H and O–H groups in total. The van der Waals surface area contributed by atoms with Gasteiger partial charge in [0.15, 0.2) is 0 Å². The number of ether oxygens (including phenoxy) is 1. The molecule has 0 aromatic carbocycles. The van der Waals surface area contributed by atoms with Crippen molar-refractivity contribution in [3.8, 4) is 0 Å². The molecule has 3 nitrogen and oxygen atoms in total. The van der Waals surface area contributed by atoms with Gasteiger partial charge in [0.2, 0.25) is 0 Å². The lowest BCUT2D eigenvalue weighted by molar-refractivity contribution is 0.126. The van der Waals surface area contributed by atoms with E-state index >= 15 is 0 Å². The SMILES string of the molecule is CCCC(CCN)CCCN(CCOC)C(C)C. The Hall–Kier alpha value is -0.120. The van der Waals surface area contributed by atoms with Crippen LogP contribution < -0.4 is 5.73 Å². The van der Waals surface area contributed by atoms with Crippen LogP contribution in [0.1, 0.15) is 52.9 Å². The maximum absolute atomic E-state index is 5.68. The molecule has 0 saturated carbocycles. The first-order chi connectivity index (χ1) is 8.65. The highest BCUT2D eigenvalue weighted by Gasteiger charge is 2.11. The highest BCUT2D eigenvalue weighted by atomic mass is 16.5. The largest absolute Gasteiger partial charge is 0.383 e. The van der Waals surface area contributed by atoms with Gasteiger partial charge in [-0.2, -0.15) is 0 Å². The number of nitrogens with two attached hydrogens (primary N) is 1. The van der Waals surface area contributed by atoms with Crippen LogP contribution in [0.2, 0.25) is 0 Å². The first kappa shape index (κ1) is 17.9. The molecule has 0 spiro atoms. The van der Waals surface area contributed by atoms with Gasteiger partial charge < -0.3 is 10.5 Å². The predicted octanol–water partition coefficient (Wildman–Crippen LogP) is 2.89. The summed E-state index contributed by atoms with van der Waals surface area (Å²) in [5.74, 6) is 0.830. The summed E-state index contributed by atoms with van der Waals surface area (Å²) < 4.78 is 5.17. The van der Waals surface area contributed by atoms with Crippen LogP contribution in [0.4, 0.5) is 0 Å². The summed E-state index contributed by atoms with van der Waals surface area (Å²) in [5.41, 5.74) is 5.68. The van der Waals surface area contributed by atoms with Crippen molar-refractivity contribution in [2.45, 2.75) is 58.9 Å². The molecule has 0 bridgehead atoms. The van der Waals surface area contributed by atoms with Gasteiger partial charge in [-0.3, -0.25) is 4.90 Å². The van der Waals surface area contributed by atoms with Crippen LogP contribution in [0.5, 0.6) is 0 Å². The second-order valence-electron chi connectivity index (χ2n) is 5.50. The van der Waals surface area contributed by atoms with Gasteiger partial charge in [-0.1, -0.05) is 19.8 Å². The van der Waals surface area contributed by atoms with Gasteiger partial charge in [-0.25, -0.2) is 0 Å². The molecule has 0 aromatic rings. The molecular formula is C15H34N2O. The standard InChI is InChI=1S/C15H34N2O/c1-5-7-15(9-10-16)8-6-11-17(14(2)3)12-13-18-4/h14-15H,5-13,16H2,1-4H3. The Bertz CT molecular complexity index is 168. The van der Waals surface area contributed by atoms with E-state index in [9.17, 15) is 0 Å². The lowest BCUT2D eigenvalue weighted by Gasteiger charge is -2.27. The average Bonchev–Trinajstić information content (AvgIpc) is 2.33. The van der Waals surface area contributed by atoms with Crippen LogP contribution in [-0.4, -0.2) is 44.3 Å². The minimum atomic E-state index is 0.610. The van der Waals surface area contributed by atoms with E-state index in [0.717, 1.165) is 25.6 Å². The van der Waals surface area contributed by atoms with E-state index in [-0.39, 0.29) is 0 Å². The Balaban J connectivity index is 3.86. The molecule has 0 aliphatic heterocycles. The summed E-state index contributed by atoms with van der Waals surface area (Å²) in [4.78, 5) is 2.51. The summed E-state index contributed by atoms with van der Waals surface area (Å²) in [6, 6.07) is 0.610. The third-order valence-electron chi connectivity index (χ3n) is 3.64. The quantitative estimate of drug-likeness (QED) is 0.585. The molecule has 0 aliphatic rings. The van der Waals surface area contributed by atoms with Crippen LogP contribution in [0.25, 0.3) is 0 Å². The van der Waals surface area contributed by atoms with E-state index in [0.29, 0.717) is 6.04 Å². The second kappa shape index (κ2) is 11.9. The topological polar surface area (TPSA) is 38.5 Å². The van der Waals surface area contributed by atoms with Crippen molar-refractivity contribution in [2.24, 2.45) is 11.7 Å². The summed E-state index contributed by atoms with van der Waals surface area (Å²) >= 11 is 0. The van der Waals surface area contributed by atoms with Crippen LogP contribution in [0.15, 0.2) is 0 Å². The third-order valence-corrected chi connectivity index (χ3v) is 3.64. The summed E-state index contributed by atoms with van der Waals surface area (Å²) in [6.07, 6.45) is 6.40. The monoisotopic (exact) mass is 258 g/mol. The fraction of sp³-hybridized carbons (Fsp3) is 1.00. The van der Waals surface area contributed by atoms with Crippen LogP contribution in [0, 0.1) is 5.92 Å². The average molecular weight is 258 g/mol. The summed E-state index contributed by atoms with van der Waals surface area (Å²) in [7, 11) is 1.77. The fourth-order valence-corrected chi connectivity index (χ4v) is 2.50. The maximum atomic E-state index is 5.68. The van der Waals surface area contributed by atoms with Crippen LogP contribution in [-0.2, 0) is 4.74 Å². The van der Waals surface area contributed by atoms with E-state index < -0.39 is 0 Å². The molecule has 0 rings (SSSR count). The Labute approximate surface area is 114 Å². The van der Waals surface area contributed by atoms with E-state index in [1.165, 1.54) is 38.6 Å². The zero-order valence-electron chi connectivity index (χ0n) is 13.0. The fourth-order valence-electron chi connectivity index (χ4n) is 2.50.